The fourth-order valence-corrected chi connectivity index (χ4v) is 2.63. The van der Waals surface area contributed by atoms with Crippen LogP contribution in [0.3, 0.4) is 0 Å². The van der Waals surface area contributed by atoms with Gasteiger partial charge in [0.2, 0.25) is 0 Å². The van der Waals surface area contributed by atoms with Gasteiger partial charge in [0.25, 0.3) is 0 Å². The van der Waals surface area contributed by atoms with Gasteiger partial charge in [-0.3, -0.25) is 0 Å². The molecule has 1 N–H and O–H groups in total. The second-order valence-corrected chi connectivity index (χ2v) is 5.35. The Morgan fingerprint density at radius 2 is 2.17 bits per heavy atom. The first-order valence-corrected chi connectivity index (χ1v) is 7.70. The average Bonchev–Trinajstić information content (AvgIpc) is 2.88. The first kappa shape index (κ1) is 15.9. The molecule has 0 aromatic rings. The molecule has 1 saturated heterocycles. The molecule has 108 valence electrons. The number of methoxy groups -OCH3 is 1. The van der Waals surface area contributed by atoms with Crippen LogP contribution < -0.4 is 5.32 Å². The van der Waals surface area contributed by atoms with Crippen LogP contribution in [0.4, 0.5) is 0 Å². The van der Waals surface area contributed by atoms with Crippen molar-refractivity contribution in [3.05, 3.63) is 0 Å². The molecule has 0 saturated carbocycles. The highest BCUT2D eigenvalue weighted by molar-refractivity contribution is 4.70. The maximum atomic E-state index is 5.67. The molecule has 2 atom stereocenters. The van der Waals surface area contributed by atoms with E-state index in [1.54, 1.807) is 7.11 Å². The van der Waals surface area contributed by atoms with Gasteiger partial charge in [0, 0.05) is 26.4 Å². The quantitative estimate of drug-likeness (QED) is 0.577. The molecule has 0 amide bonds. The average molecular weight is 257 g/mol. The number of nitrogens with one attached hydrogen (secondary N) is 1. The molecule has 1 heterocycles. The van der Waals surface area contributed by atoms with Gasteiger partial charge in [-0.1, -0.05) is 6.92 Å². The van der Waals surface area contributed by atoms with Gasteiger partial charge in [-0.05, 0) is 57.9 Å². The van der Waals surface area contributed by atoms with Gasteiger partial charge >= 0.3 is 0 Å². The van der Waals surface area contributed by atoms with Gasteiger partial charge in [-0.15, -0.1) is 0 Å². The van der Waals surface area contributed by atoms with Crippen molar-refractivity contribution >= 4 is 0 Å². The van der Waals surface area contributed by atoms with E-state index in [1.165, 1.54) is 44.9 Å². The summed E-state index contributed by atoms with van der Waals surface area (Å²) < 4.78 is 10.8. The van der Waals surface area contributed by atoms with Crippen LogP contribution in [0.2, 0.25) is 0 Å². The third-order valence-electron chi connectivity index (χ3n) is 3.69. The monoisotopic (exact) mass is 257 g/mol. The zero-order chi connectivity index (χ0) is 13.1. The first-order valence-electron chi connectivity index (χ1n) is 7.70. The molecule has 0 spiro atoms. The van der Waals surface area contributed by atoms with Crippen LogP contribution in [0.1, 0.15) is 58.3 Å². The Labute approximate surface area is 113 Å². The highest BCUT2D eigenvalue weighted by Crippen LogP contribution is 2.19. The second-order valence-electron chi connectivity index (χ2n) is 5.35. The Kier molecular flexibility index (Phi) is 9.54. The lowest BCUT2D eigenvalue weighted by molar-refractivity contribution is 0.101. The zero-order valence-electron chi connectivity index (χ0n) is 12.2. The number of hydrogen-bond donors (Lipinski definition) is 1. The molecule has 2 unspecified atom stereocenters. The summed E-state index contributed by atoms with van der Waals surface area (Å²) in [5.41, 5.74) is 0. The zero-order valence-corrected chi connectivity index (χ0v) is 12.2. The van der Waals surface area contributed by atoms with E-state index in [0.717, 1.165) is 26.2 Å². The van der Waals surface area contributed by atoms with Crippen molar-refractivity contribution in [2.24, 2.45) is 0 Å². The van der Waals surface area contributed by atoms with E-state index in [2.05, 4.69) is 12.2 Å². The van der Waals surface area contributed by atoms with Crippen molar-refractivity contribution in [3.63, 3.8) is 0 Å². The van der Waals surface area contributed by atoms with Gasteiger partial charge < -0.3 is 14.8 Å². The van der Waals surface area contributed by atoms with Crippen LogP contribution in [0.5, 0.6) is 0 Å². The molecular weight excluding hydrogens is 226 g/mol. The molecule has 0 aromatic heterocycles. The molecule has 1 fully saturated rings. The molecule has 3 heteroatoms. The van der Waals surface area contributed by atoms with E-state index in [0.29, 0.717) is 12.1 Å². The third-order valence-corrected chi connectivity index (χ3v) is 3.69. The largest absolute Gasteiger partial charge is 0.385 e. The summed E-state index contributed by atoms with van der Waals surface area (Å²) in [6, 6.07) is 0.668. The van der Waals surface area contributed by atoms with E-state index in [4.69, 9.17) is 9.47 Å². The van der Waals surface area contributed by atoms with E-state index in [1.807, 2.05) is 0 Å². The summed E-state index contributed by atoms with van der Waals surface area (Å²) in [5.74, 6) is 0. The van der Waals surface area contributed by atoms with Crippen LogP contribution in [0, 0.1) is 0 Å². The molecular formula is C15H31NO2. The Bertz CT molecular complexity index is 181. The minimum absolute atomic E-state index is 0.552. The Morgan fingerprint density at radius 3 is 2.83 bits per heavy atom. The van der Waals surface area contributed by atoms with E-state index in [-0.39, 0.29) is 0 Å². The number of hydrogen-bond acceptors (Lipinski definition) is 3. The van der Waals surface area contributed by atoms with Crippen molar-refractivity contribution < 1.29 is 9.47 Å². The minimum Gasteiger partial charge on any atom is -0.385 e. The molecule has 0 aromatic carbocycles. The van der Waals surface area contributed by atoms with E-state index in [9.17, 15) is 0 Å². The van der Waals surface area contributed by atoms with Gasteiger partial charge in [-0.25, -0.2) is 0 Å². The van der Waals surface area contributed by atoms with Crippen LogP contribution in [-0.4, -0.2) is 39.0 Å². The van der Waals surface area contributed by atoms with Gasteiger partial charge in [0.15, 0.2) is 0 Å². The van der Waals surface area contributed by atoms with Crippen LogP contribution in [-0.2, 0) is 9.47 Å². The maximum Gasteiger partial charge on any atom is 0.0576 e. The predicted molar refractivity (Wildman–Crippen MR) is 76.0 cm³/mol. The van der Waals surface area contributed by atoms with Crippen LogP contribution in [0.15, 0.2) is 0 Å². The lowest BCUT2D eigenvalue weighted by atomic mass is 10.0. The summed E-state index contributed by atoms with van der Waals surface area (Å²) in [6.07, 6.45) is 10.5. The highest BCUT2D eigenvalue weighted by Gasteiger charge is 2.16. The predicted octanol–water partition coefficient (Wildman–Crippen LogP) is 3.13. The maximum absolute atomic E-state index is 5.67. The van der Waals surface area contributed by atoms with Crippen molar-refractivity contribution in [3.8, 4) is 0 Å². The Balaban J connectivity index is 2.08. The van der Waals surface area contributed by atoms with Gasteiger partial charge in [0.05, 0.1) is 6.10 Å². The number of rotatable bonds is 11. The fraction of sp³-hybridized carbons (Fsp3) is 1.00. The smallest absolute Gasteiger partial charge is 0.0576 e. The molecule has 0 radical (unpaired) electrons. The lowest BCUT2D eigenvalue weighted by Crippen LogP contribution is -2.30. The Morgan fingerprint density at radius 1 is 1.33 bits per heavy atom. The summed E-state index contributed by atoms with van der Waals surface area (Å²) in [7, 11) is 1.78. The summed E-state index contributed by atoms with van der Waals surface area (Å²) in [6.45, 7) is 5.23. The topological polar surface area (TPSA) is 30.5 Å². The van der Waals surface area contributed by atoms with Crippen molar-refractivity contribution in [2.75, 3.05) is 26.9 Å². The van der Waals surface area contributed by atoms with Crippen molar-refractivity contribution in [2.45, 2.75) is 70.4 Å². The van der Waals surface area contributed by atoms with Crippen LogP contribution >= 0.6 is 0 Å². The molecule has 18 heavy (non-hydrogen) atoms. The first-order chi connectivity index (χ1) is 8.86. The third kappa shape index (κ3) is 7.34. The molecule has 1 aliphatic rings. The Hall–Kier alpha value is -0.120. The van der Waals surface area contributed by atoms with Gasteiger partial charge in [0.1, 0.15) is 0 Å². The molecule has 3 nitrogen and oxygen atoms in total. The van der Waals surface area contributed by atoms with Gasteiger partial charge in [-0.2, -0.15) is 0 Å². The fourth-order valence-electron chi connectivity index (χ4n) is 2.63. The van der Waals surface area contributed by atoms with E-state index < -0.39 is 0 Å². The molecule has 0 bridgehead atoms. The second kappa shape index (κ2) is 10.8. The normalized spacial score (nSPS) is 21.3. The van der Waals surface area contributed by atoms with Crippen molar-refractivity contribution in [1.29, 1.82) is 0 Å². The van der Waals surface area contributed by atoms with Crippen molar-refractivity contribution in [1.82, 2.24) is 5.32 Å². The summed E-state index contributed by atoms with van der Waals surface area (Å²) >= 11 is 0. The molecule has 1 rings (SSSR count). The SMILES string of the molecule is CCCNC(CCCOC)CCCC1CCCO1. The minimum atomic E-state index is 0.552. The molecule has 0 aliphatic carbocycles. The highest BCUT2D eigenvalue weighted by atomic mass is 16.5. The molecule has 1 aliphatic heterocycles. The summed E-state index contributed by atoms with van der Waals surface area (Å²) in [4.78, 5) is 0. The number of ether oxygens (including phenoxy) is 2. The standard InChI is InChI=1S/C15H31NO2/c1-3-11-16-14(8-5-12-17-2)7-4-9-15-10-6-13-18-15/h14-16H,3-13H2,1-2H3. The van der Waals surface area contributed by atoms with E-state index >= 15 is 0 Å². The summed E-state index contributed by atoms with van der Waals surface area (Å²) in [5, 5.41) is 3.66. The van der Waals surface area contributed by atoms with Crippen LogP contribution in [0.25, 0.3) is 0 Å². The lowest BCUT2D eigenvalue weighted by Gasteiger charge is -2.19.